The lowest BCUT2D eigenvalue weighted by molar-refractivity contribution is -0.130. The minimum atomic E-state index is 0.0912. The molecule has 0 fully saturated rings. The highest BCUT2D eigenvalue weighted by Crippen LogP contribution is 2.23. The van der Waals surface area contributed by atoms with E-state index in [2.05, 4.69) is 4.98 Å². The van der Waals surface area contributed by atoms with E-state index < -0.39 is 0 Å². The van der Waals surface area contributed by atoms with Crippen molar-refractivity contribution in [2.75, 3.05) is 27.7 Å². The summed E-state index contributed by atoms with van der Waals surface area (Å²) in [6, 6.07) is 0.126. The number of halogens is 1. The van der Waals surface area contributed by atoms with E-state index in [4.69, 9.17) is 11.6 Å². The maximum atomic E-state index is 11.6. The van der Waals surface area contributed by atoms with Crippen LogP contribution in [-0.4, -0.2) is 48.4 Å². The van der Waals surface area contributed by atoms with Crippen molar-refractivity contribution in [1.29, 1.82) is 0 Å². The fourth-order valence-corrected chi connectivity index (χ4v) is 2.42. The van der Waals surface area contributed by atoms with Crippen LogP contribution in [0, 0.1) is 0 Å². The molecule has 6 heteroatoms. The van der Waals surface area contributed by atoms with Crippen molar-refractivity contribution in [3.8, 4) is 0 Å². The molecule has 1 aromatic heterocycles. The van der Waals surface area contributed by atoms with E-state index in [1.165, 1.54) is 0 Å². The number of nitrogens with zero attached hydrogens (tertiary/aromatic N) is 3. The van der Waals surface area contributed by atoms with Crippen LogP contribution >= 0.6 is 22.9 Å². The molecule has 0 N–H and O–H groups in total. The van der Waals surface area contributed by atoms with Gasteiger partial charge in [0.25, 0.3) is 0 Å². The molecule has 1 amide bonds. The summed E-state index contributed by atoms with van der Waals surface area (Å²) in [5, 5.41) is 2.95. The van der Waals surface area contributed by atoms with Crippen molar-refractivity contribution in [1.82, 2.24) is 14.8 Å². The maximum absolute atomic E-state index is 11.6. The molecule has 0 saturated carbocycles. The Kier molecular flexibility index (Phi) is 5.36. The fraction of sp³-hybridized carbons (Fsp3) is 0.636. The number of aromatic nitrogens is 1. The van der Waals surface area contributed by atoms with Crippen LogP contribution in [0.3, 0.4) is 0 Å². The van der Waals surface area contributed by atoms with Gasteiger partial charge in [-0.2, -0.15) is 0 Å². The maximum Gasteiger partial charge on any atom is 0.236 e. The number of carbonyl (C=O) groups is 1. The van der Waals surface area contributed by atoms with Gasteiger partial charge in [0.15, 0.2) is 0 Å². The molecule has 0 spiro atoms. The van der Waals surface area contributed by atoms with Crippen LogP contribution in [0.5, 0.6) is 0 Å². The third-order valence-corrected chi connectivity index (χ3v) is 3.95. The highest BCUT2D eigenvalue weighted by molar-refractivity contribution is 7.09. The topological polar surface area (TPSA) is 36.4 Å². The number of rotatable bonds is 5. The van der Waals surface area contributed by atoms with Crippen molar-refractivity contribution in [3.05, 3.63) is 16.1 Å². The van der Waals surface area contributed by atoms with Gasteiger partial charge in [0.2, 0.25) is 5.91 Å². The lowest BCUT2D eigenvalue weighted by Gasteiger charge is -2.23. The van der Waals surface area contributed by atoms with Gasteiger partial charge in [-0.1, -0.05) is 0 Å². The monoisotopic (exact) mass is 275 g/mol. The summed E-state index contributed by atoms with van der Waals surface area (Å²) in [5.41, 5.74) is 0.894. The zero-order valence-corrected chi connectivity index (χ0v) is 12.2. The van der Waals surface area contributed by atoms with E-state index in [1.807, 2.05) is 24.3 Å². The summed E-state index contributed by atoms with van der Waals surface area (Å²) >= 11 is 7.30. The number of thiazole rings is 1. The summed E-state index contributed by atoms with van der Waals surface area (Å²) in [7, 11) is 5.44. The van der Waals surface area contributed by atoms with Gasteiger partial charge in [-0.25, -0.2) is 4.98 Å². The van der Waals surface area contributed by atoms with Crippen LogP contribution in [0.25, 0.3) is 0 Å². The summed E-state index contributed by atoms with van der Waals surface area (Å²) in [6.07, 6.45) is 0. The molecule has 0 bridgehead atoms. The minimum Gasteiger partial charge on any atom is -0.348 e. The van der Waals surface area contributed by atoms with E-state index in [0.717, 1.165) is 10.7 Å². The Morgan fingerprint density at radius 3 is 2.65 bits per heavy atom. The van der Waals surface area contributed by atoms with E-state index in [-0.39, 0.29) is 11.9 Å². The molecule has 0 saturated heterocycles. The molecule has 0 aliphatic heterocycles. The van der Waals surface area contributed by atoms with E-state index >= 15 is 0 Å². The van der Waals surface area contributed by atoms with Crippen molar-refractivity contribution in [2.24, 2.45) is 0 Å². The molecule has 17 heavy (non-hydrogen) atoms. The molecule has 1 rings (SSSR count). The number of hydrogen-bond donors (Lipinski definition) is 0. The van der Waals surface area contributed by atoms with Crippen LogP contribution in [0.1, 0.15) is 23.7 Å². The molecular formula is C11H18ClN3OS. The second-order valence-corrected chi connectivity index (χ2v) is 5.35. The second-order valence-electron chi connectivity index (χ2n) is 4.19. The van der Waals surface area contributed by atoms with Crippen LogP contribution in [0.4, 0.5) is 0 Å². The standard InChI is InChI=1S/C11H18ClN3OS/c1-8(11-13-9(5-12)7-17-11)15(4)6-10(16)14(2)3/h7-8H,5-6H2,1-4H3. The zero-order chi connectivity index (χ0) is 13.0. The summed E-state index contributed by atoms with van der Waals surface area (Å²) in [4.78, 5) is 19.6. The van der Waals surface area contributed by atoms with Crippen molar-refractivity contribution in [2.45, 2.75) is 18.8 Å². The SMILES string of the molecule is CC(c1nc(CCl)cs1)N(C)CC(=O)N(C)C. The molecule has 96 valence electrons. The van der Waals surface area contributed by atoms with Crippen LogP contribution < -0.4 is 0 Å². The average Bonchev–Trinajstić information content (AvgIpc) is 2.76. The number of likely N-dealkylation sites (N-methyl/N-ethyl adjacent to an activating group) is 2. The Morgan fingerprint density at radius 2 is 2.18 bits per heavy atom. The highest BCUT2D eigenvalue weighted by atomic mass is 35.5. The van der Waals surface area contributed by atoms with Crippen molar-refractivity contribution in [3.63, 3.8) is 0 Å². The number of amides is 1. The third-order valence-electron chi connectivity index (χ3n) is 2.61. The van der Waals surface area contributed by atoms with Gasteiger partial charge in [-0.3, -0.25) is 9.69 Å². The minimum absolute atomic E-state index is 0.0912. The largest absolute Gasteiger partial charge is 0.348 e. The fourth-order valence-electron chi connectivity index (χ4n) is 1.26. The Bertz CT molecular complexity index is 381. The molecule has 0 radical (unpaired) electrons. The van der Waals surface area contributed by atoms with E-state index in [1.54, 1.807) is 30.3 Å². The van der Waals surface area contributed by atoms with Crippen LogP contribution in [0.2, 0.25) is 0 Å². The van der Waals surface area contributed by atoms with Crippen LogP contribution in [-0.2, 0) is 10.7 Å². The van der Waals surface area contributed by atoms with Gasteiger partial charge in [-0.05, 0) is 14.0 Å². The van der Waals surface area contributed by atoms with Gasteiger partial charge in [-0.15, -0.1) is 22.9 Å². The molecule has 1 heterocycles. The summed E-state index contributed by atoms with van der Waals surface area (Å²) in [5.74, 6) is 0.525. The Hall–Kier alpha value is -0.650. The predicted octanol–water partition coefficient (Wildman–Crippen LogP) is 1.96. The predicted molar refractivity (Wildman–Crippen MR) is 71.4 cm³/mol. The Morgan fingerprint density at radius 1 is 1.53 bits per heavy atom. The van der Waals surface area contributed by atoms with Crippen molar-refractivity contribution < 1.29 is 4.79 Å². The number of hydrogen-bond acceptors (Lipinski definition) is 4. The summed E-state index contributed by atoms with van der Waals surface area (Å²) < 4.78 is 0. The number of carbonyl (C=O) groups excluding carboxylic acids is 1. The van der Waals surface area contributed by atoms with Crippen molar-refractivity contribution >= 4 is 28.8 Å². The van der Waals surface area contributed by atoms with Gasteiger partial charge in [0.1, 0.15) is 5.01 Å². The second kappa shape index (κ2) is 6.33. The Labute approximate surface area is 111 Å². The molecule has 1 atom stereocenters. The molecule has 1 aromatic rings. The van der Waals surface area contributed by atoms with Gasteiger partial charge in [0.05, 0.1) is 24.2 Å². The third kappa shape index (κ3) is 3.94. The number of alkyl halides is 1. The van der Waals surface area contributed by atoms with E-state index in [9.17, 15) is 4.79 Å². The molecule has 4 nitrogen and oxygen atoms in total. The molecule has 0 aromatic carbocycles. The molecule has 1 unspecified atom stereocenters. The molecule has 0 aliphatic rings. The Balaban J connectivity index is 2.62. The zero-order valence-electron chi connectivity index (χ0n) is 10.6. The van der Waals surface area contributed by atoms with Gasteiger partial charge < -0.3 is 4.90 Å². The first-order valence-corrected chi connectivity index (χ1v) is 6.77. The summed E-state index contributed by atoms with van der Waals surface area (Å²) in [6.45, 7) is 2.43. The first-order valence-electron chi connectivity index (χ1n) is 5.36. The quantitative estimate of drug-likeness (QED) is 0.771. The average molecular weight is 276 g/mol. The van der Waals surface area contributed by atoms with Gasteiger partial charge >= 0.3 is 0 Å². The van der Waals surface area contributed by atoms with Crippen LogP contribution in [0.15, 0.2) is 5.38 Å². The molecular weight excluding hydrogens is 258 g/mol. The highest BCUT2D eigenvalue weighted by Gasteiger charge is 2.18. The molecule has 0 aliphatic carbocycles. The lowest BCUT2D eigenvalue weighted by atomic mass is 10.3. The first kappa shape index (κ1) is 14.4. The van der Waals surface area contributed by atoms with E-state index in [0.29, 0.717) is 12.4 Å². The first-order chi connectivity index (χ1) is 7.95. The normalized spacial score (nSPS) is 12.8. The van der Waals surface area contributed by atoms with Gasteiger partial charge in [0, 0.05) is 19.5 Å². The lowest BCUT2D eigenvalue weighted by Crippen LogP contribution is -2.35. The smallest absolute Gasteiger partial charge is 0.236 e.